The molecule has 1 aromatic carbocycles. The smallest absolute Gasteiger partial charge is 0.257 e. The Morgan fingerprint density at radius 2 is 2.05 bits per heavy atom. The Balaban J connectivity index is 0.00000200. The topological polar surface area (TPSA) is 41.6 Å². The zero-order valence-corrected chi connectivity index (χ0v) is 12.5. The van der Waals surface area contributed by atoms with Crippen molar-refractivity contribution >= 4 is 18.3 Å². The van der Waals surface area contributed by atoms with E-state index < -0.39 is 5.82 Å². The van der Waals surface area contributed by atoms with Crippen LogP contribution < -0.4 is 10.1 Å². The SMILES string of the molecule is COc1ccc(F)cc1C(=O)N(C)C1CCNCC1.Cl. The molecule has 1 fully saturated rings. The van der Waals surface area contributed by atoms with E-state index in [0.29, 0.717) is 5.75 Å². The molecule has 112 valence electrons. The van der Waals surface area contributed by atoms with Crippen LogP contribution in [0.2, 0.25) is 0 Å². The molecule has 0 saturated carbocycles. The highest BCUT2D eigenvalue weighted by molar-refractivity contribution is 5.97. The molecule has 1 aromatic rings. The molecule has 1 saturated heterocycles. The van der Waals surface area contributed by atoms with Crippen molar-refractivity contribution in [3.05, 3.63) is 29.6 Å². The number of carbonyl (C=O) groups excluding carboxylic acids is 1. The molecule has 1 aliphatic heterocycles. The van der Waals surface area contributed by atoms with Crippen LogP contribution in [0.3, 0.4) is 0 Å². The normalized spacial score (nSPS) is 15.3. The number of rotatable bonds is 3. The van der Waals surface area contributed by atoms with Gasteiger partial charge in [0.1, 0.15) is 11.6 Å². The minimum Gasteiger partial charge on any atom is -0.496 e. The first kappa shape index (κ1) is 16.7. The molecule has 0 radical (unpaired) electrons. The second-order valence-corrected chi connectivity index (χ2v) is 4.74. The first-order chi connectivity index (χ1) is 9.13. The van der Waals surface area contributed by atoms with Crippen LogP contribution in [0.25, 0.3) is 0 Å². The summed E-state index contributed by atoms with van der Waals surface area (Å²) in [5, 5.41) is 3.26. The third-order valence-electron chi connectivity index (χ3n) is 3.57. The maximum atomic E-state index is 13.3. The molecule has 0 aromatic heterocycles. The van der Waals surface area contributed by atoms with Gasteiger partial charge in [-0.15, -0.1) is 12.4 Å². The van der Waals surface area contributed by atoms with Gasteiger partial charge in [0.25, 0.3) is 5.91 Å². The maximum Gasteiger partial charge on any atom is 0.257 e. The average molecular weight is 303 g/mol. The molecule has 4 nitrogen and oxygen atoms in total. The van der Waals surface area contributed by atoms with Crippen LogP contribution in [0.5, 0.6) is 5.75 Å². The van der Waals surface area contributed by atoms with Gasteiger partial charge in [0, 0.05) is 13.1 Å². The summed E-state index contributed by atoms with van der Waals surface area (Å²) < 4.78 is 18.4. The highest BCUT2D eigenvalue weighted by atomic mass is 35.5. The van der Waals surface area contributed by atoms with Crippen molar-refractivity contribution in [2.75, 3.05) is 27.2 Å². The minimum absolute atomic E-state index is 0. The van der Waals surface area contributed by atoms with E-state index in [9.17, 15) is 9.18 Å². The maximum absolute atomic E-state index is 13.3. The molecular weight excluding hydrogens is 283 g/mol. The van der Waals surface area contributed by atoms with Gasteiger partial charge < -0.3 is 15.0 Å². The van der Waals surface area contributed by atoms with E-state index in [1.54, 1.807) is 11.9 Å². The number of ether oxygens (including phenoxy) is 1. The number of methoxy groups -OCH3 is 1. The van der Waals surface area contributed by atoms with E-state index in [0.717, 1.165) is 25.9 Å². The molecule has 20 heavy (non-hydrogen) atoms. The van der Waals surface area contributed by atoms with E-state index in [4.69, 9.17) is 4.74 Å². The molecule has 0 spiro atoms. The summed E-state index contributed by atoms with van der Waals surface area (Å²) in [4.78, 5) is 14.1. The summed E-state index contributed by atoms with van der Waals surface area (Å²) in [6.45, 7) is 1.81. The quantitative estimate of drug-likeness (QED) is 0.929. The summed E-state index contributed by atoms with van der Waals surface area (Å²) >= 11 is 0. The van der Waals surface area contributed by atoms with Crippen molar-refractivity contribution in [3.8, 4) is 5.75 Å². The highest BCUT2D eigenvalue weighted by Crippen LogP contribution is 2.22. The standard InChI is InChI=1S/C14H19FN2O2.ClH/c1-17(11-5-7-16-8-6-11)14(18)12-9-10(15)3-4-13(12)19-2;/h3-4,9,11,16H,5-8H2,1-2H3;1H. The molecule has 0 bridgehead atoms. The third kappa shape index (κ3) is 3.61. The molecule has 0 atom stereocenters. The Morgan fingerprint density at radius 3 is 2.65 bits per heavy atom. The fourth-order valence-corrected chi connectivity index (χ4v) is 2.40. The fourth-order valence-electron chi connectivity index (χ4n) is 2.40. The molecule has 1 amide bonds. The van der Waals surface area contributed by atoms with Gasteiger partial charge in [-0.1, -0.05) is 0 Å². The van der Waals surface area contributed by atoms with Crippen LogP contribution >= 0.6 is 12.4 Å². The third-order valence-corrected chi connectivity index (χ3v) is 3.57. The molecule has 1 N–H and O–H groups in total. The first-order valence-electron chi connectivity index (χ1n) is 6.45. The van der Waals surface area contributed by atoms with E-state index in [1.165, 1.54) is 25.3 Å². The van der Waals surface area contributed by atoms with Gasteiger partial charge in [0.15, 0.2) is 0 Å². The summed E-state index contributed by atoms with van der Waals surface area (Å²) in [5.41, 5.74) is 0.281. The number of benzene rings is 1. The zero-order chi connectivity index (χ0) is 13.8. The van der Waals surface area contributed by atoms with Crippen LogP contribution in [0.4, 0.5) is 4.39 Å². The van der Waals surface area contributed by atoms with Crippen LogP contribution in [0.1, 0.15) is 23.2 Å². The van der Waals surface area contributed by atoms with Gasteiger partial charge in [-0.25, -0.2) is 4.39 Å². The lowest BCUT2D eigenvalue weighted by Crippen LogP contribution is -2.44. The van der Waals surface area contributed by atoms with E-state index in [2.05, 4.69) is 5.32 Å². The molecule has 1 heterocycles. The van der Waals surface area contributed by atoms with Gasteiger partial charge >= 0.3 is 0 Å². The van der Waals surface area contributed by atoms with Crippen molar-refractivity contribution in [1.29, 1.82) is 0 Å². The Hall–Kier alpha value is -1.33. The molecule has 2 rings (SSSR count). The number of hydrogen-bond acceptors (Lipinski definition) is 3. The molecule has 0 aliphatic carbocycles. The zero-order valence-electron chi connectivity index (χ0n) is 11.7. The number of carbonyl (C=O) groups is 1. The highest BCUT2D eigenvalue weighted by Gasteiger charge is 2.25. The van der Waals surface area contributed by atoms with Crippen LogP contribution in [-0.2, 0) is 0 Å². The molecule has 1 aliphatic rings. The predicted molar refractivity (Wildman–Crippen MR) is 78.2 cm³/mol. The van der Waals surface area contributed by atoms with Crippen LogP contribution in [0, 0.1) is 5.82 Å². The van der Waals surface area contributed by atoms with Gasteiger partial charge in [0.2, 0.25) is 0 Å². The monoisotopic (exact) mass is 302 g/mol. The van der Waals surface area contributed by atoms with E-state index in [1.807, 2.05) is 0 Å². The van der Waals surface area contributed by atoms with Crippen molar-refractivity contribution in [2.24, 2.45) is 0 Å². The first-order valence-corrected chi connectivity index (χ1v) is 6.45. The summed E-state index contributed by atoms with van der Waals surface area (Å²) in [5.74, 6) is -0.210. The van der Waals surface area contributed by atoms with E-state index in [-0.39, 0.29) is 29.9 Å². The Morgan fingerprint density at radius 1 is 1.40 bits per heavy atom. The number of hydrogen-bond donors (Lipinski definition) is 1. The van der Waals surface area contributed by atoms with Crippen LogP contribution in [-0.4, -0.2) is 44.1 Å². The van der Waals surface area contributed by atoms with Gasteiger partial charge in [-0.3, -0.25) is 4.79 Å². The van der Waals surface area contributed by atoms with Crippen molar-refractivity contribution < 1.29 is 13.9 Å². The average Bonchev–Trinajstić information content (AvgIpc) is 2.46. The minimum atomic E-state index is -0.428. The summed E-state index contributed by atoms with van der Waals surface area (Å²) in [6, 6.07) is 4.21. The largest absolute Gasteiger partial charge is 0.496 e. The predicted octanol–water partition coefficient (Wildman–Crippen LogP) is 2.08. The van der Waals surface area contributed by atoms with Gasteiger partial charge in [-0.05, 0) is 44.1 Å². The molecular formula is C14H20ClFN2O2. The fraction of sp³-hybridized carbons (Fsp3) is 0.500. The number of nitrogens with zero attached hydrogens (tertiary/aromatic N) is 1. The Bertz CT molecular complexity index is 464. The number of halogens is 2. The molecule has 0 unspecified atom stereocenters. The second-order valence-electron chi connectivity index (χ2n) is 4.74. The lowest BCUT2D eigenvalue weighted by atomic mass is 10.0. The van der Waals surface area contributed by atoms with Crippen LogP contribution in [0.15, 0.2) is 18.2 Å². The number of nitrogens with one attached hydrogen (secondary N) is 1. The number of piperidine rings is 1. The Labute approximate surface area is 124 Å². The lowest BCUT2D eigenvalue weighted by molar-refractivity contribution is 0.0699. The van der Waals surface area contributed by atoms with E-state index >= 15 is 0 Å². The van der Waals surface area contributed by atoms with Crippen molar-refractivity contribution in [2.45, 2.75) is 18.9 Å². The van der Waals surface area contributed by atoms with Crippen molar-refractivity contribution in [3.63, 3.8) is 0 Å². The lowest BCUT2D eigenvalue weighted by Gasteiger charge is -2.32. The Kier molecular flexibility index (Phi) is 6.23. The summed E-state index contributed by atoms with van der Waals surface area (Å²) in [7, 11) is 3.25. The van der Waals surface area contributed by atoms with Gasteiger partial charge in [-0.2, -0.15) is 0 Å². The van der Waals surface area contributed by atoms with Gasteiger partial charge in [0.05, 0.1) is 12.7 Å². The summed E-state index contributed by atoms with van der Waals surface area (Å²) in [6.07, 6.45) is 1.83. The second kappa shape index (κ2) is 7.45. The molecule has 6 heteroatoms. The van der Waals surface area contributed by atoms with Crippen molar-refractivity contribution in [1.82, 2.24) is 10.2 Å². The number of amides is 1.